The van der Waals surface area contributed by atoms with Crippen LogP contribution >= 0.6 is 11.3 Å². The van der Waals surface area contributed by atoms with Gasteiger partial charge < -0.3 is 4.98 Å². The van der Waals surface area contributed by atoms with Crippen LogP contribution in [0.5, 0.6) is 0 Å². The molecule has 8 heteroatoms. The van der Waals surface area contributed by atoms with Gasteiger partial charge >= 0.3 is 0 Å². The van der Waals surface area contributed by atoms with Gasteiger partial charge in [-0.1, -0.05) is 19.9 Å². The number of aromatic nitrogens is 5. The lowest BCUT2D eigenvalue weighted by Gasteiger charge is -2.32. The number of aromatic amines is 1. The van der Waals surface area contributed by atoms with Crippen molar-refractivity contribution in [3.8, 4) is 0 Å². The molecule has 1 atom stereocenters. The summed E-state index contributed by atoms with van der Waals surface area (Å²) < 4.78 is 1.96. The van der Waals surface area contributed by atoms with E-state index in [1.54, 1.807) is 11.3 Å². The van der Waals surface area contributed by atoms with Gasteiger partial charge in [-0.05, 0) is 97.1 Å². The molecular weight excluding hydrogens is 444 g/mol. The number of tetrazole rings is 1. The van der Waals surface area contributed by atoms with Gasteiger partial charge in [0.1, 0.15) is 0 Å². The summed E-state index contributed by atoms with van der Waals surface area (Å²) in [7, 11) is 0. The predicted octanol–water partition coefficient (Wildman–Crippen LogP) is 5.49. The third kappa shape index (κ3) is 4.83. The van der Waals surface area contributed by atoms with Crippen LogP contribution in [-0.4, -0.2) is 30.1 Å². The van der Waals surface area contributed by atoms with Gasteiger partial charge in [-0.15, -0.1) is 16.4 Å². The molecule has 0 aliphatic rings. The first-order valence-electron chi connectivity index (χ1n) is 11.9. The first-order valence-corrected chi connectivity index (χ1v) is 12.8. The Bertz CT molecular complexity index is 1320. The van der Waals surface area contributed by atoms with Crippen molar-refractivity contribution in [3.63, 3.8) is 0 Å². The zero-order valence-corrected chi connectivity index (χ0v) is 21.7. The van der Waals surface area contributed by atoms with E-state index in [1.807, 2.05) is 10.7 Å². The first-order chi connectivity index (χ1) is 16.2. The molecule has 0 saturated heterocycles. The van der Waals surface area contributed by atoms with E-state index in [0.717, 1.165) is 41.7 Å². The second kappa shape index (κ2) is 9.80. The number of aryl methyl sites for hydroxylation is 2. The Kier molecular flexibility index (Phi) is 7.00. The second-order valence-corrected chi connectivity index (χ2v) is 10.7. The molecule has 3 aromatic heterocycles. The van der Waals surface area contributed by atoms with Crippen molar-refractivity contribution in [3.05, 3.63) is 73.5 Å². The van der Waals surface area contributed by atoms with Crippen LogP contribution in [0.1, 0.15) is 74.0 Å². The van der Waals surface area contributed by atoms with Gasteiger partial charge in [0.25, 0.3) is 5.56 Å². The van der Waals surface area contributed by atoms with E-state index in [-0.39, 0.29) is 17.1 Å². The van der Waals surface area contributed by atoms with E-state index in [4.69, 9.17) is 0 Å². The summed E-state index contributed by atoms with van der Waals surface area (Å²) in [5.74, 6) is 0.842. The van der Waals surface area contributed by atoms with Crippen LogP contribution in [0, 0.1) is 13.8 Å². The molecule has 0 spiro atoms. The maximum absolute atomic E-state index is 13.1. The molecule has 0 aliphatic carbocycles. The number of thiophene rings is 1. The van der Waals surface area contributed by atoms with E-state index >= 15 is 0 Å². The number of hydrogen-bond acceptors (Lipinski definition) is 6. The largest absolute Gasteiger partial charge is 0.322 e. The van der Waals surface area contributed by atoms with Crippen molar-refractivity contribution >= 4 is 22.2 Å². The van der Waals surface area contributed by atoms with Crippen molar-refractivity contribution in [2.24, 2.45) is 0 Å². The molecule has 180 valence electrons. The van der Waals surface area contributed by atoms with Gasteiger partial charge in [-0.3, -0.25) is 9.69 Å². The van der Waals surface area contributed by atoms with E-state index in [1.165, 1.54) is 16.0 Å². The normalized spacial score (nSPS) is 13.1. The van der Waals surface area contributed by atoms with Gasteiger partial charge in [0.2, 0.25) is 0 Å². The molecule has 1 aromatic carbocycles. The van der Waals surface area contributed by atoms with Gasteiger partial charge in [0.15, 0.2) is 5.82 Å². The van der Waals surface area contributed by atoms with Crippen molar-refractivity contribution in [1.29, 1.82) is 0 Å². The van der Waals surface area contributed by atoms with E-state index < -0.39 is 0 Å². The van der Waals surface area contributed by atoms with Crippen LogP contribution in [0.3, 0.4) is 0 Å². The fourth-order valence-electron chi connectivity index (χ4n) is 4.32. The lowest BCUT2D eigenvalue weighted by atomic mass is 10.0. The summed E-state index contributed by atoms with van der Waals surface area (Å²) in [6, 6.07) is 10.4. The Morgan fingerprint density at radius 2 is 1.91 bits per heavy atom. The van der Waals surface area contributed by atoms with Crippen LogP contribution in [0.25, 0.3) is 10.9 Å². The predicted molar refractivity (Wildman–Crippen MR) is 138 cm³/mol. The van der Waals surface area contributed by atoms with E-state index in [9.17, 15) is 4.79 Å². The molecule has 0 radical (unpaired) electrons. The highest BCUT2D eigenvalue weighted by molar-refractivity contribution is 7.09. The highest BCUT2D eigenvalue weighted by Crippen LogP contribution is 2.31. The number of fused-ring (bicyclic) bond motifs is 1. The smallest absolute Gasteiger partial charge is 0.252 e. The molecule has 1 unspecified atom stereocenters. The summed E-state index contributed by atoms with van der Waals surface area (Å²) >= 11 is 1.73. The quantitative estimate of drug-likeness (QED) is 0.344. The third-order valence-corrected chi connectivity index (χ3v) is 7.77. The molecule has 0 fully saturated rings. The highest BCUT2D eigenvalue weighted by atomic mass is 32.1. The molecule has 0 amide bonds. The molecule has 4 aromatic rings. The number of hydrogen-bond donors (Lipinski definition) is 1. The van der Waals surface area contributed by atoms with Crippen molar-refractivity contribution in [1.82, 2.24) is 30.1 Å². The van der Waals surface area contributed by atoms with Crippen molar-refractivity contribution in [2.45, 2.75) is 79.1 Å². The molecule has 34 heavy (non-hydrogen) atoms. The van der Waals surface area contributed by atoms with Gasteiger partial charge in [0, 0.05) is 29.0 Å². The summed E-state index contributed by atoms with van der Waals surface area (Å²) in [4.78, 5) is 19.8. The number of nitrogens with one attached hydrogen (secondary N) is 1. The summed E-state index contributed by atoms with van der Waals surface area (Å²) in [5.41, 5.74) is 3.77. The fourth-order valence-corrected chi connectivity index (χ4v) is 5.05. The summed E-state index contributed by atoms with van der Waals surface area (Å²) in [6.45, 7) is 14.0. The molecular formula is C26H34N6OS. The number of nitrogens with zero attached hydrogens (tertiary/aromatic N) is 5. The maximum atomic E-state index is 13.1. The van der Waals surface area contributed by atoms with Crippen LogP contribution in [0.2, 0.25) is 0 Å². The average Bonchev–Trinajstić information content (AvgIpc) is 3.49. The molecule has 1 N–H and O–H groups in total. The van der Waals surface area contributed by atoms with Gasteiger partial charge in [-0.2, -0.15) is 0 Å². The topological polar surface area (TPSA) is 79.7 Å². The second-order valence-electron chi connectivity index (χ2n) is 9.67. The lowest BCUT2D eigenvalue weighted by molar-refractivity contribution is 0.152. The average molecular weight is 479 g/mol. The fraction of sp³-hybridized carbons (Fsp3) is 0.462. The maximum Gasteiger partial charge on any atom is 0.252 e. The van der Waals surface area contributed by atoms with Gasteiger partial charge in [0.05, 0.1) is 11.6 Å². The van der Waals surface area contributed by atoms with E-state index in [2.05, 4.69) is 96.6 Å². The minimum Gasteiger partial charge on any atom is -0.322 e. The van der Waals surface area contributed by atoms with Crippen LogP contribution < -0.4 is 5.56 Å². The van der Waals surface area contributed by atoms with Crippen LogP contribution in [-0.2, 0) is 18.6 Å². The Morgan fingerprint density at radius 3 is 2.59 bits per heavy atom. The Balaban J connectivity index is 1.77. The molecule has 3 heterocycles. The number of pyridine rings is 1. The van der Waals surface area contributed by atoms with Crippen molar-refractivity contribution in [2.75, 3.05) is 0 Å². The summed E-state index contributed by atoms with van der Waals surface area (Å²) in [5, 5.41) is 16.0. The third-order valence-electron chi connectivity index (χ3n) is 6.91. The number of H-pyrrole nitrogens is 1. The number of benzene rings is 1. The standard InChI is InChI=1S/C26H34N6OS/c1-7-23(24-28-29-30-32(24)26(5,6)8-2)31(16-21-10-9-11-34-21)15-20-14-19-12-17(3)18(4)13-22(19)27-25(20)33/h9-14,23H,7-8,15-16H2,1-6H3,(H,27,33). The molecule has 4 rings (SSSR count). The summed E-state index contributed by atoms with van der Waals surface area (Å²) in [6.07, 6.45) is 1.74. The van der Waals surface area contributed by atoms with E-state index in [0.29, 0.717) is 6.54 Å². The molecule has 7 nitrogen and oxygen atoms in total. The monoisotopic (exact) mass is 478 g/mol. The molecule has 0 saturated carbocycles. The zero-order chi connectivity index (χ0) is 24.5. The van der Waals surface area contributed by atoms with Gasteiger partial charge in [-0.25, -0.2) is 4.68 Å². The van der Waals surface area contributed by atoms with Crippen LogP contribution in [0.15, 0.2) is 40.5 Å². The number of rotatable bonds is 9. The Morgan fingerprint density at radius 1 is 1.15 bits per heavy atom. The molecule has 0 aliphatic heterocycles. The molecule has 0 bridgehead atoms. The first kappa shape index (κ1) is 24.3. The zero-order valence-electron chi connectivity index (χ0n) is 20.9. The lowest BCUT2D eigenvalue weighted by Crippen LogP contribution is -2.36. The SMILES string of the molecule is CCC(c1nnnn1C(C)(C)CC)N(Cc1cccs1)Cc1cc2cc(C)c(C)cc2[nH]c1=O. The minimum atomic E-state index is -0.198. The Labute approximate surface area is 204 Å². The van der Waals surface area contributed by atoms with Crippen LogP contribution in [0.4, 0.5) is 0 Å². The highest BCUT2D eigenvalue weighted by Gasteiger charge is 2.31. The minimum absolute atomic E-state index is 0.0298. The Hall–Kier alpha value is -2.84. The van der Waals surface area contributed by atoms with Crippen molar-refractivity contribution < 1.29 is 0 Å².